The fourth-order valence-electron chi connectivity index (χ4n) is 10.8. The molecule has 0 N–H and O–H groups in total. The average molecular weight is 828 g/mol. The second-order valence-corrected chi connectivity index (χ2v) is 17.2. The summed E-state index contributed by atoms with van der Waals surface area (Å²) in [4.78, 5) is 2.40. The molecule has 2 aliphatic rings. The molecule has 0 amide bonds. The van der Waals surface area contributed by atoms with E-state index in [-0.39, 0.29) is 0 Å². The van der Waals surface area contributed by atoms with Crippen LogP contribution in [0.1, 0.15) is 22.3 Å². The Morgan fingerprint density at radius 1 is 0.292 bits per heavy atom. The van der Waals surface area contributed by atoms with Crippen molar-refractivity contribution in [2.45, 2.75) is 5.41 Å². The van der Waals surface area contributed by atoms with Gasteiger partial charge in [-0.05, 0) is 97.2 Å². The zero-order valence-electron chi connectivity index (χ0n) is 35.5. The van der Waals surface area contributed by atoms with Gasteiger partial charge in [0, 0.05) is 38.8 Å². The molecule has 0 saturated heterocycles. The van der Waals surface area contributed by atoms with Crippen molar-refractivity contribution in [3.8, 4) is 56.0 Å². The van der Waals surface area contributed by atoms with Crippen molar-refractivity contribution in [1.82, 2.24) is 0 Å². The number of fused-ring (bicyclic) bond motifs is 13. The van der Waals surface area contributed by atoms with Crippen molar-refractivity contribution >= 4 is 38.6 Å². The van der Waals surface area contributed by atoms with Crippen LogP contribution in [0.4, 0.5) is 17.1 Å². The minimum Gasteiger partial charge on any atom is -0.455 e. The highest BCUT2D eigenvalue weighted by atomic mass is 16.5. The van der Waals surface area contributed by atoms with Crippen LogP contribution >= 0.6 is 0 Å². The van der Waals surface area contributed by atoms with Crippen molar-refractivity contribution < 1.29 is 4.74 Å². The van der Waals surface area contributed by atoms with Gasteiger partial charge < -0.3 is 9.64 Å². The third-order valence-electron chi connectivity index (χ3n) is 13.7. The van der Waals surface area contributed by atoms with Crippen LogP contribution in [0.3, 0.4) is 0 Å². The molecule has 1 heterocycles. The summed E-state index contributed by atoms with van der Waals surface area (Å²) in [6.07, 6.45) is 0. The smallest absolute Gasteiger partial charge is 0.140 e. The maximum Gasteiger partial charge on any atom is 0.140 e. The number of anilines is 3. The molecule has 2 nitrogen and oxygen atoms in total. The summed E-state index contributed by atoms with van der Waals surface area (Å²) >= 11 is 0. The molecule has 11 aromatic rings. The predicted molar refractivity (Wildman–Crippen MR) is 270 cm³/mol. The summed E-state index contributed by atoms with van der Waals surface area (Å²) in [6, 6.07) is 90.6. The first-order chi connectivity index (χ1) is 32.2. The van der Waals surface area contributed by atoms with E-state index < -0.39 is 5.41 Å². The highest BCUT2D eigenvalue weighted by Gasteiger charge is 2.51. The molecule has 11 aromatic carbocycles. The molecule has 13 rings (SSSR count). The number of ether oxygens (including phenoxy) is 1. The molecule has 2 heteroatoms. The summed E-state index contributed by atoms with van der Waals surface area (Å²) in [5.74, 6) is 1.86. The van der Waals surface area contributed by atoms with E-state index in [0.717, 1.165) is 44.9 Å². The fourth-order valence-corrected chi connectivity index (χ4v) is 10.8. The zero-order valence-corrected chi connectivity index (χ0v) is 35.5. The number of hydrogen-bond donors (Lipinski definition) is 0. The van der Waals surface area contributed by atoms with Crippen LogP contribution in [0.2, 0.25) is 0 Å². The number of hydrogen-bond acceptors (Lipinski definition) is 2. The standard InChI is InChI=1S/C63H41NO/c1-4-16-42(17-5-1)48-30-36-51(44-18-6-2-7-19-44)60(41-48)64(49-22-8-3-9-23-49)50-34-28-43(29-35-50)47-33-37-57-55(40-47)54-26-14-15-27-56(54)63(57)58-38-31-45-20-10-12-24-52(45)61(58)65-62-53-25-13-11-21-46(53)32-39-59(62)63/h1-41H. The Labute approximate surface area is 378 Å². The van der Waals surface area contributed by atoms with Crippen LogP contribution in [0, 0.1) is 0 Å². The molecular formula is C63H41NO. The lowest BCUT2D eigenvalue weighted by Gasteiger charge is -2.40. The zero-order chi connectivity index (χ0) is 42.9. The first kappa shape index (κ1) is 37.1. The number of para-hydroxylation sites is 1. The molecule has 0 aromatic heterocycles. The van der Waals surface area contributed by atoms with Crippen LogP contribution < -0.4 is 9.64 Å². The van der Waals surface area contributed by atoms with E-state index in [1.165, 1.54) is 72.0 Å². The Balaban J connectivity index is 0.975. The topological polar surface area (TPSA) is 12.5 Å². The van der Waals surface area contributed by atoms with Gasteiger partial charge in [-0.1, -0.05) is 212 Å². The first-order valence-corrected chi connectivity index (χ1v) is 22.4. The predicted octanol–water partition coefficient (Wildman–Crippen LogP) is 16.9. The minimum absolute atomic E-state index is 0.577. The molecule has 0 saturated carbocycles. The van der Waals surface area contributed by atoms with Crippen molar-refractivity contribution in [1.29, 1.82) is 0 Å². The molecule has 0 unspecified atom stereocenters. The second-order valence-electron chi connectivity index (χ2n) is 17.2. The molecule has 1 aliphatic carbocycles. The normalized spacial score (nSPS) is 12.9. The molecule has 1 spiro atoms. The lowest BCUT2D eigenvalue weighted by Crippen LogP contribution is -2.32. The van der Waals surface area contributed by atoms with Gasteiger partial charge in [0.15, 0.2) is 0 Å². The molecule has 65 heavy (non-hydrogen) atoms. The van der Waals surface area contributed by atoms with Crippen LogP contribution in [-0.4, -0.2) is 0 Å². The van der Waals surface area contributed by atoms with Crippen molar-refractivity contribution in [3.05, 3.63) is 271 Å². The number of benzene rings is 11. The van der Waals surface area contributed by atoms with Gasteiger partial charge >= 0.3 is 0 Å². The Morgan fingerprint density at radius 2 is 0.769 bits per heavy atom. The van der Waals surface area contributed by atoms with Gasteiger partial charge in [0.1, 0.15) is 11.5 Å². The van der Waals surface area contributed by atoms with E-state index in [9.17, 15) is 0 Å². The third kappa shape index (κ3) is 5.74. The summed E-state index contributed by atoms with van der Waals surface area (Å²) in [5, 5.41) is 4.58. The second kappa shape index (κ2) is 14.8. The van der Waals surface area contributed by atoms with Gasteiger partial charge in [-0.3, -0.25) is 0 Å². The summed E-state index contributed by atoms with van der Waals surface area (Å²) in [5.41, 5.74) is 17.2. The molecular weight excluding hydrogens is 787 g/mol. The number of nitrogens with zero attached hydrogens (tertiary/aromatic N) is 1. The van der Waals surface area contributed by atoms with Crippen molar-refractivity contribution in [3.63, 3.8) is 0 Å². The third-order valence-corrected chi connectivity index (χ3v) is 13.7. The van der Waals surface area contributed by atoms with Crippen molar-refractivity contribution in [2.24, 2.45) is 0 Å². The maximum absolute atomic E-state index is 7.17. The van der Waals surface area contributed by atoms with Crippen LogP contribution in [0.25, 0.3) is 66.1 Å². The number of rotatable bonds is 6. The molecule has 0 fully saturated rings. The Kier molecular flexibility index (Phi) is 8.47. The van der Waals surface area contributed by atoms with Crippen molar-refractivity contribution in [2.75, 3.05) is 4.90 Å². The summed E-state index contributed by atoms with van der Waals surface area (Å²) in [6.45, 7) is 0. The Morgan fingerprint density at radius 3 is 1.45 bits per heavy atom. The summed E-state index contributed by atoms with van der Waals surface area (Å²) < 4.78 is 7.17. The minimum atomic E-state index is -0.577. The molecule has 0 radical (unpaired) electrons. The Hall–Kier alpha value is -8.46. The van der Waals surface area contributed by atoms with E-state index in [1.807, 2.05) is 0 Å². The monoisotopic (exact) mass is 827 g/mol. The lowest BCUT2D eigenvalue weighted by molar-refractivity contribution is 0.447. The lowest BCUT2D eigenvalue weighted by atomic mass is 9.65. The molecule has 0 bridgehead atoms. The van der Waals surface area contributed by atoms with Gasteiger partial charge in [-0.15, -0.1) is 0 Å². The largest absolute Gasteiger partial charge is 0.455 e. The molecule has 304 valence electrons. The van der Waals surface area contributed by atoms with E-state index >= 15 is 0 Å². The molecule has 1 aliphatic heterocycles. The molecule has 0 atom stereocenters. The quantitative estimate of drug-likeness (QED) is 0.166. The van der Waals surface area contributed by atoms with Crippen LogP contribution in [0.15, 0.2) is 249 Å². The van der Waals surface area contributed by atoms with E-state index in [4.69, 9.17) is 4.74 Å². The van der Waals surface area contributed by atoms with Crippen LogP contribution in [-0.2, 0) is 5.41 Å². The maximum atomic E-state index is 7.17. The highest BCUT2D eigenvalue weighted by molar-refractivity contribution is 6.00. The van der Waals surface area contributed by atoms with Gasteiger partial charge in [0.25, 0.3) is 0 Å². The van der Waals surface area contributed by atoms with E-state index in [1.54, 1.807) is 0 Å². The van der Waals surface area contributed by atoms with E-state index in [2.05, 4.69) is 254 Å². The highest BCUT2D eigenvalue weighted by Crippen LogP contribution is 2.64. The first-order valence-electron chi connectivity index (χ1n) is 22.4. The van der Waals surface area contributed by atoms with Gasteiger partial charge in [0.2, 0.25) is 0 Å². The van der Waals surface area contributed by atoms with E-state index in [0.29, 0.717) is 0 Å². The van der Waals surface area contributed by atoms with Gasteiger partial charge in [0.05, 0.1) is 11.1 Å². The average Bonchev–Trinajstić information content (AvgIpc) is 3.67. The SMILES string of the molecule is c1ccc(-c2ccc(-c3ccccc3)c(N(c3ccccc3)c3ccc(-c4ccc5c(c4)-c4ccccc4C54c5ccc6ccccc6c5Oc5c4ccc4ccccc54)cc3)c2)cc1. The van der Waals surface area contributed by atoms with Gasteiger partial charge in [-0.2, -0.15) is 0 Å². The fraction of sp³-hybridized carbons (Fsp3) is 0.0159. The summed E-state index contributed by atoms with van der Waals surface area (Å²) in [7, 11) is 0. The van der Waals surface area contributed by atoms with Gasteiger partial charge in [-0.25, -0.2) is 0 Å². The Bertz CT molecular complexity index is 3530. The van der Waals surface area contributed by atoms with Crippen LogP contribution in [0.5, 0.6) is 11.5 Å².